The number of benzene rings is 1. The second kappa shape index (κ2) is 3.84. The van der Waals surface area contributed by atoms with Crippen molar-refractivity contribution in [1.82, 2.24) is 14.8 Å². The van der Waals surface area contributed by atoms with Gasteiger partial charge in [0.2, 0.25) is 0 Å². The van der Waals surface area contributed by atoms with Crippen molar-refractivity contribution < 1.29 is 4.79 Å². The molecule has 1 N–H and O–H groups in total. The molecule has 0 aliphatic carbocycles. The lowest BCUT2D eigenvalue weighted by Crippen LogP contribution is -1.96. The number of rotatable bonds is 2. The van der Waals surface area contributed by atoms with Crippen LogP contribution in [0, 0.1) is 6.92 Å². The van der Waals surface area contributed by atoms with Crippen LogP contribution in [0.3, 0.4) is 0 Å². The molecule has 2 aromatic heterocycles. The summed E-state index contributed by atoms with van der Waals surface area (Å²) in [7, 11) is 1.85. The number of H-pyrrole nitrogens is 1. The monoisotopic (exact) mass is 239 g/mol. The molecular formula is C14H13N3O. The van der Waals surface area contributed by atoms with Gasteiger partial charge in [0.05, 0.1) is 17.5 Å². The molecule has 0 saturated heterocycles. The van der Waals surface area contributed by atoms with Crippen molar-refractivity contribution in [3.63, 3.8) is 0 Å². The molecule has 0 atom stereocenters. The summed E-state index contributed by atoms with van der Waals surface area (Å²) in [5, 5.41) is 5.28. The maximum absolute atomic E-state index is 11.1. The second-order valence-electron chi connectivity index (χ2n) is 4.36. The molecule has 3 aromatic rings. The Labute approximate surface area is 104 Å². The van der Waals surface area contributed by atoms with E-state index in [-0.39, 0.29) is 0 Å². The van der Waals surface area contributed by atoms with Gasteiger partial charge in [-0.05, 0) is 13.0 Å². The number of carbonyl (C=O) groups is 1. The summed E-state index contributed by atoms with van der Waals surface area (Å²) in [5.74, 6) is 0. The molecule has 4 heteroatoms. The van der Waals surface area contributed by atoms with Crippen LogP contribution in [0.4, 0.5) is 0 Å². The first kappa shape index (κ1) is 10.8. The Hall–Kier alpha value is -2.36. The first-order chi connectivity index (χ1) is 8.72. The fourth-order valence-electron chi connectivity index (χ4n) is 2.43. The van der Waals surface area contributed by atoms with Gasteiger partial charge in [-0.3, -0.25) is 9.48 Å². The summed E-state index contributed by atoms with van der Waals surface area (Å²) in [5.41, 5.74) is 4.64. The van der Waals surface area contributed by atoms with Crippen LogP contribution in [0.15, 0.2) is 30.5 Å². The van der Waals surface area contributed by atoms with Crippen molar-refractivity contribution in [2.75, 3.05) is 0 Å². The van der Waals surface area contributed by atoms with Gasteiger partial charge in [-0.1, -0.05) is 18.2 Å². The summed E-state index contributed by atoms with van der Waals surface area (Å²) >= 11 is 0. The first-order valence-corrected chi connectivity index (χ1v) is 5.77. The van der Waals surface area contributed by atoms with Gasteiger partial charge in [0, 0.05) is 29.2 Å². The number of aromatic nitrogens is 3. The quantitative estimate of drug-likeness (QED) is 0.699. The van der Waals surface area contributed by atoms with E-state index in [4.69, 9.17) is 0 Å². The standard InChI is InChI=1S/C14H13N3O/c1-9-13(11-5-3-4-6-12(11)16-9)14-10(8-18)7-15-17(14)2/h3-8,16H,1-2H3. The summed E-state index contributed by atoms with van der Waals surface area (Å²) < 4.78 is 1.74. The number of aryl methyl sites for hydroxylation is 2. The molecule has 0 fully saturated rings. The van der Waals surface area contributed by atoms with Crippen molar-refractivity contribution in [1.29, 1.82) is 0 Å². The largest absolute Gasteiger partial charge is 0.358 e. The van der Waals surface area contributed by atoms with E-state index in [1.807, 2.05) is 32.2 Å². The molecule has 90 valence electrons. The molecular weight excluding hydrogens is 226 g/mol. The zero-order valence-electron chi connectivity index (χ0n) is 10.3. The van der Waals surface area contributed by atoms with Gasteiger partial charge in [-0.15, -0.1) is 0 Å². The lowest BCUT2D eigenvalue weighted by Gasteiger charge is -2.03. The van der Waals surface area contributed by atoms with Crippen molar-refractivity contribution >= 4 is 17.2 Å². The Bertz CT molecular complexity index is 737. The normalized spacial score (nSPS) is 11.0. The molecule has 0 saturated carbocycles. The van der Waals surface area contributed by atoms with E-state index in [2.05, 4.69) is 16.1 Å². The Morgan fingerprint density at radius 3 is 2.89 bits per heavy atom. The zero-order chi connectivity index (χ0) is 12.7. The van der Waals surface area contributed by atoms with E-state index in [1.54, 1.807) is 10.9 Å². The van der Waals surface area contributed by atoms with E-state index in [1.165, 1.54) is 0 Å². The number of carbonyl (C=O) groups excluding carboxylic acids is 1. The number of aromatic amines is 1. The molecule has 0 radical (unpaired) electrons. The third kappa shape index (κ3) is 1.39. The van der Waals surface area contributed by atoms with Gasteiger partial charge in [0.25, 0.3) is 0 Å². The molecule has 0 spiro atoms. The molecule has 18 heavy (non-hydrogen) atoms. The fourth-order valence-corrected chi connectivity index (χ4v) is 2.43. The first-order valence-electron chi connectivity index (χ1n) is 5.77. The zero-order valence-corrected chi connectivity index (χ0v) is 10.3. The summed E-state index contributed by atoms with van der Waals surface area (Å²) in [6.45, 7) is 2.01. The van der Waals surface area contributed by atoms with Crippen LogP contribution in [0.2, 0.25) is 0 Å². The second-order valence-corrected chi connectivity index (χ2v) is 4.36. The summed E-state index contributed by atoms with van der Waals surface area (Å²) in [6, 6.07) is 8.07. The van der Waals surface area contributed by atoms with E-state index in [9.17, 15) is 4.79 Å². The van der Waals surface area contributed by atoms with Crippen molar-refractivity contribution in [3.05, 3.63) is 41.7 Å². The number of hydrogen-bond donors (Lipinski definition) is 1. The molecule has 0 amide bonds. The third-order valence-electron chi connectivity index (χ3n) is 3.22. The molecule has 3 rings (SSSR count). The summed E-state index contributed by atoms with van der Waals surface area (Å²) in [4.78, 5) is 14.5. The predicted octanol–water partition coefficient (Wildman–Crippen LogP) is 2.69. The van der Waals surface area contributed by atoms with Crippen molar-refractivity contribution in [2.24, 2.45) is 7.05 Å². The number of hydrogen-bond acceptors (Lipinski definition) is 2. The number of para-hydroxylation sites is 1. The predicted molar refractivity (Wildman–Crippen MR) is 70.6 cm³/mol. The van der Waals surface area contributed by atoms with Crippen LogP contribution in [-0.2, 0) is 7.05 Å². The van der Waals surface area contributed by atoms with Gasteiger partial charge >= 0.3 is 0 Å². The number of fused-ring (bicyclic) bond motifs is 1. The lowest BCUT2D eigenvalue weighted by molar-refractivity contribution is 0.112. The Morgan fingerprint density at radius 2 is 2.11 bits per heavy atom. The van der Waals surface area contributed by atoms with Crippen LogP contribution in [0.25, 0.3) is 22.2 Å². The minimum absolute atomic E-state index is 0.616. The molecule has 2 heterocycles. The van der Waals surface area contributed by atoms with Crippen molar-refractivity contribution in [2.45, 2.75) is 6.92 Å². The number of nitrogens with one attached hydrogen (secondary N) is 1. The average molecular weight is 239 g/mol. The maximum atomic E-state index is 11.1. The van der Waals surface area contributed by atoms with E-state index in [0.717, 1.165) is 34.1 Å². The molecule has 0 aliphatic rings. The van der Waals surface area contributed by atoms with Gasteiger partial charge in [0.15, 0.2) is 6.29 Å². The minimum Gasteiger partial charge on any atom is -0.358 e. The molecule has 0 bridgehead atoms. The molecule has 0 aliphatic heterocycles. The third-order valence-corrected chi connectivity index (χ3v) is 3.22. The summed E-state index contributed by atoms with van der Waals surface area (Å²) in [6.07, 6.45) is 2.45. The Morgan fingerprint density at radius 1 is 1.33 bits per heavy atom. The Balaban J connectivity index is 2.41. The minimum atomic E-state index is 0.616. The van der Waals surface area contributed by atoms with Crippen LogP contribution >= 0.6 is 0 Å². The Kier molecular flexibility index (Phi) is 2.30. The van der Waals surface area contributed by atoms with E-state index >= 15 is 0 Å². The maximum Gasteiger partial charge on any atom is 0.153 e. The van der Waals surface area contributed by atoms with Gasteiger partial charge < -0.3 is 4.98 Å². The lowest BCUT2D eigenvalue weighted by atomic mass is 10.0. The highest BCUT2D eigenvalue weighted by Crippen LogP contribution is 2.33. The van der Waals surface area contributed by atoms with Gasteiger partial charge in [-0.2, -0.15) is 5.10 Å². The van der Waals surface area contributed by atoms with Crippen LogP contribution < -0.4 is 0 Å². The topological polar surface area (TPSA) is 50.7 Å². The van der Waals surface area contributed by atoms with Crippen LogP contribution in [-0.4, -0.2) is 21.1 Å². The highest BCUT2D eigenvalue weighted by Gasteiger charge is 2.17. The highest BCUT2D eigenvalue weighted by atomic mass is 16.1. The van der Waals surface area contributed by atoms with Crippen LogP contribution in [0.1, 0.15) is 16.1 Å². The van der Waals surface area contributed by atoms with Crippen LogP contribution in [0.5, 0.6) is 0 Å². The van der Waals surface area contributed by atoms with E-state index < -0.39 is 0 Å². The van der Waals surface area contributed by atoms with Gasteiger partial charge in [0.1, 0.15) is 0 Å². The molecule has 4 nitrogen and oxygen atoms in total. The molecule has 1 aromatic carbocycles. The molecule has 0 unspecified atom stereocenters. The average Bonchev–Trinajstić information content (AvgIpc) is 2.88. The number of nitrogens with zero attached hydrogens (tertiary/aromatic N) is 2. The highest BCUT2D eigenvalue weighted by molar-refractivity contribution is 6.00. The number of aldehydes is 1. The van der Waals surface area contributed by atoms with Gasteiger partial charge in [-0.25, -0.2) is 0 Å². The SMILES string of the molecule is Cc1[nH]c2ccccc2c1-c1c(C=O)cnn1C. The van der Waals surface area contributed by atoms with Crippen molar-refractivity contribution in [3.8, 4) is 11.3 Å². The smallest absolute Gasteiger partial charge is 0.153 e. The van der Waals surface area contributed by atoms with E-state index in [0.29, 0.717) is 5.56 Å². The fraction of sp³-hybridized carbons (Fsp3) is 0.143.